The number of rotatable bonds is 6. The van der Waals surface area contributed by atoms with Gasteiger partial charge in [0.15, 0.2) is 5.54 Å². The molecule has 0 saturated heterocycles. The van der Waals surface area contributed by atoms with Gasteiger partial charge in [-0.15, -0.1) is 0 Å². The number of carbonyl (C=O) groups excluding carboxylic acids is 1. The van der Waals surface area contributed by atoms with E-state index in [1.807, 2.05) is 0 Å². The van der Waals surface area contributed by atoms with Crippen molar-refractivity contribution in [2.24, 2.45) is 0 Å². The molecular formula is C27H19F5N2O. The number of benzene rings is 3. The fraction of sp³-hybridized carbons (Fsp3) is 0.111. The maximum Gasteiger partial charge on any atom is 0.416 e. The fourth-order valence-electron chi connectivity index (χ4n) is 3.91. The lowest BCUT2D eigenvalue weighted by Crippen LogP contribution is -2.57. The molecule has 1 amide bonds. The van der Waals surface area contributed by atoms with Gasteiger partial charge >= 0.3 is 12.1 Å². The Bertz CT molecular complexity index is 1300. The van der Waals surface area contributed by atoms with Crippen LogP contribution in [0.5, 0.6) is 0 Å². The monoisotopic (exact) mass is 482 g/mol. The minimum absolute atomic E-state index is 0.0589. The molecule has 0 bridgehead atoms. The normalized spacial score (nSPS) is 13.6. The molecule has 4 rings (SSSR count). The zero-order valence-corrected chi connectivity index (χ0v) is 18.1. The molecule has 1 atom stereocenters. The van der Waals surface area contributed by atoms with Crippen molar-refractivity contribution in [2.75, 3.05) is 0 Å². The lowest BCUT2D eigenvalue weighted by Gasteiger charge is -2.41. The molecule has 0 saturated carbocycles. The van der Waals surface area contributed by atoms with Crippen LogP contribution in [0.1, 0.15) is 32.7 Å². The van der Waals surface area contributed by atoms with Crippen molar-refractivity contribution in [3.8, 4) is 0 Å². The molecule has 3 aromatic carbocycles. The lowest BCUT2D eigenvalue weighted by atomic mass is 9.76. The summed E-state index contributed by atoms with van der Waals surface area (Å²) >= 11 is 0. The number of pyridine rings is 1. The summed E-state index contributed by atoms with van der Waals surface area (Å²) in [5.74, 6) is -4.82. The smallest absolute Gasteiger partial charge is 0.331 e. The van der Waals surface area contributed by atoms with Gasteiger partial charge in [-0.2, -0.15) is 22.0 Å². The van der Waals surface area contributed by atoms with E-state index in [0.717, 1.165) is 30.3 Å². The number of aromatic nitrogens is 1. The zero-order chi connectivity index (χ0) is 25.1. The van der Waals surface area contributed by atoms with Gasteiger partial charge in [-0.05, 0) is 42.0 Å². The standard InChI is InChI=1S/C27H19F5N2O/c28-26(29,20-12-5-2-6-13-20)25(23-16-7-8-17-33-23,34-24(35)19-10-3-1-4-11-19)21-14-9-15-22(18-21)27(30,31)32/h1-18H,(H,34,35). The van der Waals surface area contributed by atoms with E-state index >= 15 is 8.78 Å². The second kappa shape index (κ2) is 9.29. The van der Waals surface area contributed by atoms with Gasteiger partial charge in [0.25, 0.3) is 5.91 Å². The third-order valence-corrected chi connectivity index (χ3v) is 5.62. The van der Waals surface area contributed by atoms with Crippen LogP contribution in [0.25, 0.3) is 0 Å². The quantitative estimate of drug-likeness (QED) is 0.316. The van der Waals surface area contributed by atoms with E-state index in [0.29, 0.717) is 6.07 Å². The van der Waals surface area contributed by atoms with Crippen LogP contribution in [0, 0.1) is 0 Å². The molecular weight excluding hydrogens is 463 g/mol. The van der Waals surface area contributed by atoms with Crippen LogP contribution < -0.4 is 5.32 Å². The Hall–Kier alpha value is -4.07. The molecule has 35 heavy (non-hydrogen) atoms. The van der Waals surface area contributed by atoms with Crippen LogP contribution in [0.4, 0.5) is 22.0 Å². The average molecular weight is 482 g/mol. The lowest BCUT2D eigenvalue weighted by molar-refractivity contribution is -0.138. The summed E-state index contributed by atoms with van der Waals surface area (Å²) in [4.78, 5) is 17.4. The molecule has 0 spiro atoms. The molecule has 1 N–H and O–H groups in total. The highest BCUT2D eigenvalue weighted by atomic mass is 19.4. The first kappa shape index (κ1) is 24.1. The van der Waals surface area contributed by atoms with Gasteiger partial charge in [0, 0.05) is 17.3 Å². The number of alkyl halides is 5. The van der Waals surface area contributed by atoms with Gasteiger partial charge in [0.1, 0.15) is 0 Å². The Kier molecular flexibility index (Phi) is 6.39. The number of hydrogen-bond donors (Lipinski definition) is 1. The van der Waals surface area contributed by atoms with Crippen molar-refractivity contribution < 1.29 is 26.7 Å². The molecule has 4 aromatic rings. The highest BCUT2D eigenvalue weighted by Crippen LogP contribution is 2.50. The van der Waals surface area contributed by atoms with E-state index in [1.54, 1.807) is 18.2 Å². The molecule has 3 nitrogen and oxygen atoms in total. The van der Waals surface area contributed by atoms with Crippen LogP contribution in [0.15, 0.2) is 109 Å². The summed E-state index contributed by atoms with van der Waals surface area (Å²) < 4.78 is 74.1. The van der Waals surface area contributed by atoms with E-state index in [1.165, 1.54) is 54.7 Å². The minimum atomic E-state index is -4.79. The van der Waals surface area contributed by atoms with E-state index in [4.69, 9.17) is 0 Å². The predicted molar refractivity (Wildman–Crippen MR) is 121 cm³/mol. The Morgan fingerprint density at radius 3 is 1.83 bits per heavy atom. The van der Waals surface area contributed by atoms with Crippen molar-refractivity contribution in [2.45, 2.75) is 17.6 Å². The summed E-state index contributed by atoms with van der Waals surface area (Å²) in [5.41, 5.74) is -5.14. The summed E-state index contributed by atoms with van der Waals surface area (Å²) in [6, 6.07) is 22.0. The van der Waals surface area contributed by atoms with Gasteiger partial charge in [-0.1, -0.05) is 66.7 Å². The first-order chi connectivity index (χ1) is 16.7. The molecule has 0 aliphatic carbocycles. The van der Waals surface area contributed by atoms with Gasteiger partial charge in [-0.3, -0.25) is 9.78 Å². The largest absolute Gasteiger partial charge is 0.416 e. The first-order valence-electron chi connectivity index (χ1n) is 10.6. The van der Waals surface area contributed by atoms with E-state index < -0.39 is 40.2 Å². The highest BCUT2D eigenvalue weighted by molar-refractivity contribution is 5.95. The molecule has 0 aliphatic heterocycles. The molecule has 1 unspecified atom stereocenters. The summed E-state index contributed by atoms with van der Waals surface area (Å²) in [7, 11) is 0. The summed E-state index contributed by atoms with van der Waals surface area (Å²) in [5, 5.41) is 2.38. The molecule has 1 heterocycles. The number of halogens is 5. The van der Waals surface area contributed by atoms with E-state index in [9.17, 15) is 18.0 Å². The van der Waals surface area contributed by atoms with Gasteiger partial charge < -0.3 is 5.32 Å². The van der Waals surface area contributed by atoms with Crippen LogP contribution in [0.2, 0.25) is 0 Å². The van der Waals surface area contributed by atoms with E-state index in [2.05, 4.69) is 10.3 Å². The van der Waals surface area contributed by atoms with Gasteiger partial charge in [-0.25, -0.2) is 0 Å². The van der Waals surface area contributed by atoms with Crippen molar-refractivity contribution in [3.05, 3.63) is 137 Å². The number of amides is 1. The van der Waals surface area contributed by atoms with E-state index in [-0.39, 0.29) is 11.3 Å². The first-order valence-corrected chi connectivity index (χ1v) is 10.6. The van der Waals surface area contributed by atoms with Crippen LogP contribution >= 0.6 is 0 Å². The molecule has 0 fully saturated rings. The van der Waals surface area contributed by atoms with Gasteiger partial charge in [0.2, 0.25) is 0 Å². The van der Waals surface area contributed by atoms with Crippen LogP contribution in [0.3, 0.4) is 0 Å². The third kappa shape index (κ3) is 4.51. The van der Waals surface area contributed by atoms with Gasteiger partial charge in [0.05, 0.1) is 11.3 Å². The Balaban J connectivity index is 2.05. The maximum atomic E-state index is 16.6. The van der Waals surface area contributed by atoms with Crippen molar-refractivity contribution in [1.82, 2.24) is 10.3 Å². The average Bonchev–Trinajstić information content (AvgIpc) is 2.88. The Morgan fingerprint density at radius 2 is 1.23 bits per heavy atom. The predicted octanol–water partition coefficient (Wildman–Crippen LogP) is 6.57. The molecule has 0 aliphatic rings. The van der Waals surface area contributed by atoms with Crippen LogP contribution in [-0.2, 0) is 17.6 Å². The number of carbonyl (C=O) groups is 1. The third-order valence-electron chi connectivity index (χ3n) is 5.62. The SMILES string of the molecule is O=C(NC(c1cccc(C(F)(F)F)c1)(c1ccccn1)C(F)(F)c1ccccc1)c1ccccc1. The number of nitrogens with zero attached hydrogens (tertiary/aromatic N) is 1. The van der Waals surface area contributed by atoms with Crippen LogP contribution in [-0.4, -0.2) is 10.9 Å². The molecule has 1 aromatic heterocycles. The van der Waals surface area contributed by atoms with Crippen molar-refractivity contribution in [1.29, 1.82) is 0 Å². The number of nitrogens with one attached hydrogen (secondary N) is 1. The zero-order valence-electron chi connectivity index (χ0n) is 18.1. The Labute approximate surface area is 198 Å². The summed E-state index contributed by atoms with van der Waals surface area (Å²) in [6.07, 6.45) is -3.55. The minimum Gasteiger partial charge on any atom is -0.331 e. The Morgan fingerprint density at radius 1 is 0.657 bits per heavy atom. The topological polar surface area (TPSA) is 42.0 Å². The molecule has 178 valence electrons. The fourth-order valence-corrected chi connectivity index (χ4v) is 3.91. The number of hydrogen-bond acceptors (Lipinski definition) is 2. The van der Waals surface area contributed by atoms with Crippen molar-refractivity contribution in [3.63, 3.8) is 0 Å². The second-order valence-corrected chi connectivity index (χ2v) is 7.80. The summed E-state index contributed by atoms with van der Waals surface area (Å²) in [6.45, 7) is 0. The second-order valence-electron chi connectivity index (χ2n) is 7.80. The molecule has 8 heteroatoms. The van der Waals surface area contributed by atoms with Crippen molar-refractivity contribution >= 4 is 5.91 Å². The molecule has 0 radical (unpaired) electrons. The maximum absolute atomic E-state index is 16.6. The highest BCUT2D eigenvalue weighted by Gasteiger charge is 2.59.